The summed E-state index contributed by atoms with van der Waals surface area (Å²) >= 11 is 5.37. The molecule has 1 aromatic carbocycles. The van der Waals surface area contributed by atoms with Gasteiger partial charge in [0.15, 0.2) is 0 Å². The molecule has 0 aliphatic heterocycles. The van der Waals surface area contributed by atoms with E-state index >= 15 is 0 Å². The molecular formula is C15H18BrN3S. The Balaban J connectivity index is 2.46. The molecule has 0 aliphatic rings. The van der Waals surface area contributed by atoms with Crippen molar-refractivity contribution in [3.63, 3.8) is 0 Å². The molecule has 0 saturated heterocycles. The molecule has 20 heavy (non-hydrogen) atoms. The summed E-state index contributed by atoms with van der Waals surface area (Å²) in [7, 11) is 0. The van der Waals surface area contributed by atoms with E-state index in [2.05, 4.69) is 56.5 Å². The van der Waals surface area contributed by atoms with Crippen LogP contribution in [0, 0.1) is 0 Å². The molecule has 0 radical (unpaired) electrons. The molecule has 0 aliphatic carbocycles. The van der Waals surface area contributed by atoms with Crippen molar-refractivity contribution < 1.29 is 0 Å². The molecule has 0 fully saturated rings. The van der Waals surface area contributed by atoms with E-state index in [-0.39, 0.29) is 0 Å². The van der Waals surface area contributed by atoms with Crippen LogP contribution in [0.2, 0.25) is 0 Å². The molecule has 106 valence electrons. The fourth-order valence-corrected chi connectivity index (χ4v) is 2.77. The molecule has 1 aromatic heterocycles. The third-order valence-corrected chi connectivity index (χ3v) is 4.06. The Morgan fingerprint density at radius 1 is 1.20 bits per heavy atom. The summed E-state index contributed by atoms with van der Waals surface area (Å²) in [5.41, 5.74) is 2.05. The predicted octanol–water partition coefficient (Wildman–Crippen LogP) is 4.59. The van der Waals surface area contributed by atoms with Gasteiger partial charge in [0.1, 0.15) is 11.6 Å². The third-order valence-electron chi connectivity index (χ3n) is 2.76. The molecule has 0 unspecified atom stereocenters. The number of aromatic nitrogens is 2. The first-order valence-corrected chi connectivity index (χ1v) is 8.79. The maximum absolute atomic E-state index is 4.68. The van der Waals surface area contributed by atoms with Crippen LogP contribution in [0.3, 0.4) is 0 Å². The Morgan fingerprint density at radius 3 is 2.60 bits per heavy atom. The minimum absolute atomic E-state index is 0.813. The van der Waals surface area contributed by atoms with Crippen molar-refractivity contribution in [1.82, 2.24) is 9.97 Å². The van der Waals surface area contributed by atoms with Crippen molar-refractivity contribution in [2.75, 3.05) is 18.1 Å². The number of thioether (sulfide) groups is 1. The number of anilines is 1. The van der Waals surface area contributed by atoms with Gasteiger partial charge in [0.25, 0.3) is 0 Å². The topological polar surface area (TPSA) is 37.8 Å². The molecule has 1 N–H and O–H groups in total. The van der Waals surface area contributed by atoms with Gasteiger partial charge in [-0.05, 0) is 28.6 Å². The van der Waals surface area contributed by atoms with Crippen LogP contribution in [0.15, 0.2) is 34.8 Å². The van der Waals surface area contributed by atoms with Gasteiger partial charge in [-0.25, -0.2) is 9.97 Å². The highest BCUT2D eigenvalue weighted by Crippen LogP contribution is 2.32. The van der Waals surface area contributed by atoms with Gasteiger partial charge in [0, 0.05) is 12.1 Å². The average Bonchev–Trinajstić information content (AvgIpc) is 2.48. The Bertz CT molecular complexity index is 561. The van der Waals surface area contributed by atoms with Crippen LogP contribution in [-0.2, 0) is 5.75 Å². The highest BCUT2D eigenvalue weighted by Gasteiger charge is 2.13. The lowest BCUT2D eigenvalue weighted by atomic mass is 10.1. The van der Waals surface area contributed by atoms with Crippen molar-refractivity contribution in [3.8, 4) is 11.3 Å². The monoisotopic (exact) mass is 351 g/mol. The highest BCUT2D eigenvalue weighted by molar-refractivity contribution is 9.10. The summed E-state index contributed by atoms with van der Waals surface area (Å²) in [6.45, 7) is 3.05. The predicted molar refractivity (Wildman–Crippen MR) is 91.2 cm³/mol. The van der Waals surface area contributed by atoms with Crippen LogP contribution in [0.1, 0.15) is 19.2 Å². The summed E-state index contributed by atoms with van der Waals surface area (Å²) < 4.78 is 0.932. The SMILES string of the molecule is CCCNc1nc(CSC)nc(-c2ccccc2)c1Br. The number of rotatable bonds is 6. The fourth-order valence-electron chi connectivity index (χ4n) is 1.83. The summed E-state index contributed by atoms with van der Waals surface area (Å²) in [4.78, 5) is 9.28. The lowest BCUT2D eigenvalue weighted by Crippen LogP contribution is -2.07. The van der Waals surface area contributed by atoms with Crippen LogP contribution in [-0.4, -0.2) is 22.8 Å². The summed E-state index contributed by atoms with van der Waals surface area (Å²) in [5, 5.41) is 3.36. The molecular weight excluding hydrogens is 334 g/mol. The van der Waals surface area contributed by atoms with Crippen molar-refractivity contribution in [2.45, 2.75) is 19.1 Å². The van der Waals surface area contributed by atoms with E-state index in [1.807, 2.05) is 18.2 Å². The number of halogens is 1. The summed E-state index contributed by atoms with van der Waals surface area (Å²) in [6.07, 6.45) is 3.13. The zero-order valence-corrected chi connectivity index (χ0v) is 14.1. The molecule has 0 spiro atoms. The average molecular weight is 352 g/mol. The van der Waals surface area contributed by atoms with Gasteiger partial charge in [-0.3, -0.25) is 0 Å². The third kappa shape index (κ3) is 3.73. The number of nitrogens with one attached hydrogen (secondary N) is 1. The second kappa shape index (κ2) is 7.64. The second-order valence-corrected chi connectivity index (χ2v) is 6.04. The van der Waals surface area contributed by atoms with Gasteiger partial charge in [0.2, 0.25) is 0 Å². The second-order valence-electron chi connectivity index (χ2n) is 4.38. The van der Waals surface area contributed by atoms with Crippen molar-refractivity contribution >= 4 is 33.5 Å². The van der Waals surface area contributed by atoms with Gasteiger partial charge in [0.05, 0.1) is 15.9 Å². The Morgan fingerprint density at radius 2 is 1.95 bits per heavy atom. The minimum atomic E-state index is 0.813. The molecule has 0 amide bonds. The van der Waals surface area contributed by atoms with Gasteiger partial charge >= 0.3 is 0 Å². The van der Waals surface area contributed by atoms with E-state index in [1.54, 1.807) is 11.8 Å². The Labute approximate surface area is 132 Å². The van der Waals surface area contributed by atoms with E-state index in [4.69, 9.17) is 0 Å². The van der Waals surface area contributed by atoms with Gasteiger partial charge < -0.3 is 5.32 Å². The Kier molecular flexibility index (Phi) is 5.86. The molecule has 3 nitrogen and oxygen atoms in total. The van der Waals surface area contributed by atoms with Crippen molar-refractivity contribution in [1.29, 1.82) is 0 Å². The van der Waals surface area contributed by atoms with Crippen LogP contribution in [0.25, 0.3) is 11.3 Å². The smallest absolute Gasteiger partial charge is 0.144 e. The first kappa shape index (κ1) is 15.3. The van der Waals surface area contributed by atoms with E-state index < -0.39 is 0 Å². The highest BCUT2D eigenvalue weighted by atomic mass is 79.9. The lowest BCUT2D eigenvalue weighted by Gasteiger charge is -2.12. The first-order chi connectivity index (χ1) is 9.76. The number of hydrogen-bond donors (Lipinski definition) is 1. The molecule has 2 rings (SSSR count). The standard InChI is InChI=1S/C15H18BrN3S/c1-3-9-17-15-13(16)14(11-7-5-4-6-8-11)18-12(19-15)10-20-2/h4-8H,3,9-10H2,1-2H3,(H,17,18,19). The van der Waals surface area contributed by atoms with E-state index in [0.29, 0.717) is 0 Å². The quantitative estimate of drug-likeness (QED) is 0.825. The molecule has 0 bridgehead atoms. The summed E-state index contributed by atoms with van der Waals surface area (Å²) in [5.74, 6) is 2.55. The normalized spacial score (nSPS) is 10.6. The van der Waals surface area contributed by atoms with Gasteiger partial charge in [-0.2, -0.15) is 11.8 Å². The minimum Gasteiger partial charge on any atom is -0.369 e. The number of nitrogens with zero attached hydrogens (tertiary/aromatic N) is 2. The van der Waals surface area contributed by atoms with Crippen LogP contribution in [0.5, 0.6) is 0 Å². The van der Waals surface area contributed by atoms with Crippen LogP contribution < -0.4 is 5.32 Å². The van der Waals surface area contributed by atoms with Gasteiger partial charge in [-0.15, -0.1) is 0 Å². The number of hydrogen-bond acceptors (Lipinski definition) is 4. The summed E-state index contributed by atoms with van der Waals surface area (Å²) in [6, 6.07) is 10.2. The van der Waals surface area contributed by atoms with Crippen molar-refractivity contribution in [2.24, 2.45) is 0 Å². The molecule has 0 saturated carbocycles. The van der Waals surface area contributed by atoms with Crippen LogP contribution in [0.4, 0.5) is 5.82 Å². The fraction of sp³-hybridized carbons (Fsp3) is 0.333. The lowest BCUT2D eigenvalue weighted by molar-refractivity contribution is 0.948. The molecule has 1 heterocycles. The van der Waals surface area contributed by atoms with Crippen molar-refractivity contribution in [3.05, 3.63) is 40.6 Å². The maximum Gasteiger partial charge on any atom is 0.144 e. The largest absolute Gasteiger partial charge is 0.369 e. The van der Waals surface area contributed by atoms with E-state index in [1.165, 1.54) is 0 Å². The molecule has 5 heteroatoms. The molecule has 2 aromatic rings. The Hall–Kier alpha value is -1.07. The van der Waals surface area contributed by atoms with Gasteiger partial charge in [-0.1, -0.05) is 37.3 Å². The van der Waals surface area contributed by atoms with Crippen LogP contribution >= 0.6 is 27.7 Å². The van der Waals surface area contributed by atoms with E-state index in [0.717, 1.165) is 46.1 Å². The first-order valence-electron chi connectivity index (χ1n) is 6.61. The maximum atomic E-state index is 4.68. The number of benzene rings is 1. The zero-order valence-electron chi connectivity index (χ0n) is 11.7. The molecule has 0 atom stereocenters. The van der Waals surface area contributed by atoms with E-state index in [9.17, 15) is 0 Å². The zero-order chi connectivity index (χ0) is 14.4.